The second kappa shape index (κ2) is 9.98. The monoisotopic (exact) mass is 435 g/mol. The summed E-state index contributed by atoms with van der Waals surface area (Å²) in [5, 5.41) is 12.9. The molecule has 0 bridgehead atoms. The van der Waals surface area contributed by atoms with Crippen LogP contribution in [0.1, 0.15) is 11.4 Å². The van der Waals surface area contributed by atoms with Crippen LogP contribution in [0.3, 0.4) is 0 Å². The highest BCUT2D eigenvalue weighted by atomic mass is 32.1. The number of hydrogen-bond donors (Lipinski definition) is 2. The highest BCUT2D eigenvalue weighted by Crippen LogP contribution is 2.30. The Labute approximate surface area is 184 Å². The summed E-state index contributed by atoms with van der Waals surface area (Å²) in [5.41, 5.74) is 2.84. The summed E-state index contributed by atoms with van der Waals surface area (Å²) in [6.07, 6.45) is -0.629. The van der Waals surface area contributed by atoms with Gasteiger partial charge < -0.3 is 14.8 Å². The summed E-state index contributed by atoms with van der Waals surface area (Å²) < 4.78 is 5.61. The summed E-state index contributed by atoms with van der Waals surface area (Å²) in [6.45, 7) is 1.55. The summed E-state index contributed by atoms with van der Waals surface area (Å²) in [4.78, 5) is 22.9. The number of benzene rings is 2. The van der Waals surface area contributed by atoms with Crippen LogP contribution in [0.2, 0.25) is 0 Å². The quantitative estimate of drug-likeness (QED) is 0.420. The number of H-pyrrole nitrogens is 1. The average molecular weight is 436 g/mol. The molecule has 31 heavy (non-hydrogen) atoms. The van der Waals surface area contributed by atoms with Crippen molar-refractivity contribution in [2.45, 2.75) is 19.3 Å². The highest BCUT2D eigenvalue weighted by molar-refractivity contribution is 7.17. The first kappa shape index (κ1) is 21.4. The molecule has 4 aromatic rings. The van der Waals surface area contributed by atoms with Crippen LogP contribution in [0.25, 0.3) is 21.3 Å². The van der Waals surface area contributed by atoms with Gasteiger partial charge in [0.1, 0.15) is 10.7 Å². The van der Waals surface area contributed by atoms with Gasteiger partial charge >= 0.3 is 0 Å². The third-order valence-electron chi connectivity index (χ3n) is 4.94. The van der Waals surface area contributed by atoms with E-state index in [4.69, 9.17) is 4.74 Å². The predicted molar refractivity (Wildman–Crippen MR) is 124 cm³/mol. The van der Waals surface area contributed by atoms with E-state index in [2.05, 4.69) is 9.97 Å². The van der Waals surface area contributed by atoms with Gasteiger partial charge in [-0.1, -0.05) is 60.7 Å². The minimum absolute atomic E-state index is 0.139. The van der Waals surface area contributed by atoms with Gasteiger partial charge in [-0.25, -0.2) is 4.98 Å². The number of aliphatic hydroxyl groups is 1. The van der Waals surface area contributed by atoms with Crippen molar-refractivity contribution in [1.29, 1.82) is 0 Å². The molecule has 7 heteroatoms. The maximum Gasteiger partial charge on any atom is 0.260 e. The lowest BCUT2D eigenvalue weighted by Crippen LogP contribution is -2.32. The Hall–Kier alpha value is -2.84. The fourth-order valence-electron chi connectivity index (χ4n) is 3.52. The fourth-order valence-corrected chi connectivity index (χ4v) is 4.49. The molecular weight excluding hydrogens is 410 g/mol. The minimum Gasteiger partial charge on any atom is -0.389 e. The van der Waals surface area contributed by atoms with E-state index in [0.29, 0.717) is 30.9 Å². The maximum absolute atomic E-state index is 12.8. The van der Waals surface area contributed by atoms with Crippen molar-refractivity contribution >= 4 is 21.6 Å². The second-order valence-corrected chi connectivity index (χ2v) is 8.42. The van der Waals surface area contributed by atoms with E-state index in [9.17, 15) is 9.90 Å². The molecule has 0 saturated carbocycles. The van der Waals surface area contributed by atoms with Crippen LogP contribution in [-0.2, 0) is 17.9 Å². The predicted octanol–water partition coefficient (Wildman–Crippen LogP) is 3.66. The zero-order valence-electron chi connectivity index (χ0n) is 17.3. The third kappa shape index (κ3) is 5.45. The molecule has 0 aliphatic heterocycles. The number of fused-ring (bicyclic) bond motifs is 1. The van der Waals surface area contributed by atoms with Gasteiger partial charge in [0.2, 0.25) is 0 Å². The number of aromatic amines is 1. The van der Waals surface area contributed by atoms with E-state index in [1.165, 1.54) is 11.3 Å². The maximum atomic E-state index is 12.8. The zero-order chi connectivity index (χ0) is 21.6. The molecule has 2 heterocycles. The molecule has 160 valence electrons. The summed E-state index contributed by atoms with van der Waals surface area (Å²) >= 11 is 1.47. The molecule has 0 radical (unpaired) electrons. The Kier molecular flexibility index (Phi) is 6.89. The molecule has 0 saturated heterocycles. The molecule has 0 aliphatic carbocycles. The van der Waals surface area contributed by atoms with E-state index < -0.39 is 6.10 Å². The lowest BCUT2D eigenvalue weighted by atomic mass is 10.1. The minimum atomic E-state index is -0.629. The number of thiophene rings is 1. The Morgan fingerprint density at radius 2 is 1.84 bits per heavy atom. The van der Waals surface area contributed by atoms with Crippen molar-refractivity contribution in [3.05, 3.63) is 87.8 Å². The first-order valence-corrected chi connectivity index (χ1v) is 11.0. The van der Waals surface area contributed by atoms with Gasteiger partial charge in [-0.05, 0) is 18.2 Å². The number of nitrogens with one attached hydrogen (secondary N) is 1. The van der Waals surface area contributed by atoms with Crippen molar-refractivity contribution in [2.24, 2.45) is 0 Å². The smallest absolute Gasteiger partial charge is 0.260 e. The summed E-state index contributed by atoms with van der Waals surface area (Å²) in [6, 6.07) is 19.7. The van der Waals surface area contributed by atoms with Gasteiger partial charge in [0.05, 0.1) is 31.2 Å². The molecule has 0 spiro atoms. The molecule has 2 aromatic carbocycles. The Bertz CT molecular complexity index is 1180. The van der Waals surface area contributed by atoms with Gasteiger partial charge in [-0.2, -0.15) is 0 Å². The fraction of sp³-hybridized carbons (Fsp3) is 0.250. The first-order chi connectivity index (χ1) is 15.1. The van der Waals surface area contributed by atoms with Crippen molar-refractivity contribution in [2.75, 3.05) is 20.2 Å². The van der Waals surface area contributed by atoms with Crippen molar-refractivity contribution in [3.63, 3.8) is 0 Å². The molecular formula is C24H25N3O3S. The van der Waals surface area contributed by atoms with Crippen molar-refractivity contribution in [3.8, 4) is 11.1 Å². The van der Waals surface area contributed by atoms with E-state index in [-0.39, 0.29) is 12.2 Å². The van der Waals surface area contributed by atoms with Crippen LogP contribution < -0.4 is 5.56 Å². The standard InChI is InChI=1S/C24H25N3O3S/c1-27(12-19(28)15-30-14-17-8-4-2-5-9-17)13-21-25-23(29)22-20(16-31-24(22)26-21)18-10-6-3-7-11-18/h2-11,16,19,28H,12-15H2,1H3,(H,25,26,29). The van der Waals surface area contributed by atoms with Crippen LogP contribution in [0.4, 0.5) is 0 Å². The van der Waals surface area contributed by atoms with E-state index in [1.54, 1.807) is 0 Å². The topological polar surface area (TPSA) is 78.5 Å². The molecule has 6 nitrogen and oxygen atoms in total. The molecule has 0 amide bonds. The summed E-state index contributed by atoms with van der Waals surface area (Å²) in [7, 11) is 1.88. The molecule has 1 atom stereocenters. The number of hydrogen-bond acceptors (Lipinski definition) is 6. The molecule has 0 fully saturated rings. The number of likely N-dealkylation sites (N-methyl/N-ethyl adjacent to an activating group) is 1. The third-order valence-corrected chi connectivity index (χ3v) is 5.81. The Balaban J connectivity index is 1.36. The van der Waals surface area contributed by atoms with Gasteiger partial charge in [-0.3, -0.25) is 9.69 Å². The van der Waals surface area contributed by atoms with Crippen LogP contribution in [-0.4, -0.2) is 46.3 Å². The van der Waals surface area contributed by atoms with Crippen LogP contribution in [0.5, 0.6) is 0 Å². The number of nitrogens with zero attached hydrogens (tertiary/aromatic N) is 2. The SMILES string of the molecule is CN(Cc1nc2scc(-c3ccccc3)c2c(=O)[nH]1)CC(O)COCc1ccccc1. The van der Waals surface area contributed by atoms with Crippen LogP contribution in [0.15, 0.2) is 70.8 Å². The normalized spacial score (nSPS) is 12.5. The molecule has 4 rings (SSSR count). The van der Waals surface area contributed by atoms with Gasteiger partial charge in [0.15, 0.2) is 0 Å². The van der Waals surface area contributed by atoms with E-state index >= 15 is 0 Å². The number of aliphatic hydroxyl groups excluding tert-OH is 1. The molecule has 2 N–H and O–H groups in total. The van der Waals surface area contributed by atoms with Crippen molar-refractivity contribution in [1.82, 2.24) is 14.9 Å². The van der Waals surface area contributed by atoms with Crippen molar-refractivity contribution < 1.29 is 9.84 Å². The number of ether oxygens (including phenoxy) is 1. The zero-order valence-corrected chi connectivity index (χ0v) is 18.1. The van der Waals surface area contributed by atoms with Crippen LogP contribution in [0, 0.1) is 0 Å². The Morgan fingerprint density at radius 1 is 1.13 bits per heavy atom. The highest BCUT2D eigenvalue weighted by Gasteiger charge is 2.15. The molecule has 2 aromatic heterocycles. The first-order valence-electron chi connectivity index (χ1n) is 10.1. The number of aromatic nitrogens is 2. The molecule has 1 unspecified atom stereocenters. The van der Waals surface area contributed by atoms with Gasteiger partial charge in [0, 0.05) is 17.5 Å². The average Bonchev–Trinajstić information content (AvgIpc) is 3.19. The lowest BCUT2D eigenvalue weighted by molar-refractivity contribution is 0.0124. The molecule has 0 aliphatic rings. The largest absolute Gasteiger partial charge is 0.389 e. The van der Waals surface area contributed by atoms with Crippen LogP contribution >= 0.6 is 11.3 Å². The van der Waals surface area contributed by atoms with Gasteiger partial charge in [-0.15, -0.1) is 11.3 Å². The Morgan fingerprint density at radius 3 is 2.58 bits per heavy atom. The van der Waals surface area contributed by atoms with Gasteiger partial charge in [0.25, 0.3) is 5.56 Å². The van der Waals surface area contributed by atoms with E-state index in [0.717, 1.165) is 21.5 Å². The second-order valence-electron chi connectivity index (χ2n) is 7.56. The lowest BCUT2D eigenvalue weighted by Gasteiger charge is -2.20. The number of rotatable bonds is 9. The van der Waals surface area contributed by atoms with E-state index in [1.807, 2.05) is 78.0 Å². The summed E-state index contributed by atoms with van der Waals surface area (Å²) in [5.74, 6) is 0.582.